The molecule has 2 aromatic carbocycles. The number of rotatable bonds is 7. The number of ether oxygens (including phenoxy) is 2. The summed E-state index contributed by atoms with van der Waals surface area (Å²) >= 11 is 1.28. The van der Waals surface area contributed by atoms with Gasteiger partial charge in [-0.25, -0.2) is 4.90 Å². The van der Waals surface area contributed by atoms with Crippen molar-refractivity contribution in [3.05, 3.63) is 83.2 Å². The molecule has 30 heavy (non-hydrogen) atoms. The molecule has 0 unspecified atom stereocenters. The second kappa shape index (κ2) is 8.51. The van der Waals surface area contributed by atoms with E-state index in [0.717, 1.165) is 5.76 Å². The van der Waals surface area contributed by atoms with Gasteiger partial charge in [0.05, 0.1) is 42.4 Å². The van der Waals surface area contributed by atoms with Crippen molar-refractivity contribution < 1.29 is 23.5 Å². The molecule has 6 nitrogen and oxygen atoms in total. The fraction of sp³-hybridized carbons (Fsp3) is 0.130. The van der Waals surface area contributed by atoms with E-state index in [1.165, 1.54) is 23.8 Å². The molecule has 1 aromatic heterocycles. The quantitative estimate of drug-likeness (QED) is 0.523. The average Bonchev–Trinajstić information content (AvgIpc) is 3.38. The first-order valence-electron chi connectivity index (χ1n) is 9.19. The van der Waals surface area contributed by atoms with Gasteiger partial charge in [-0.05, 0) is 42.5 Å². The van der Waals surface area contributed by atoms with Crippen molar-refractivity contribution in [1.29, 1.82) is 0 Å². The van der Waals surface area contributed by atoms with Crippen LogP contribution in [0.25, 0.3) is 5.57 Å². The van der Waals surface area contributed by atoms with Crippen molar-refractivity contribution in [2.75, 3.05) is 19.1 Å². The van der Waals surface area contributed by atoms with Crippen LogP contribution in [0, 0.1) is 0 Å². The summed E-state index contributed by atoms with van der Waals surface area (Å²) in [6, 6.07) is 17.6. The van der Waals surface area contributed by atoms with Crippen LogP contribution in [0.2, 0.25) is 0 Å². The van der Waals surface area contributed by atoms with Gasteiger partial charge in [-0.15, -0.1) is 11.8 Å². The minimum absolute atomic E-state index is 0.324. The third-order valence-corrected chi connectivity index (χ3v) is 5.78. The van der Waals surface area contributed by atoms with E-state index < -0.39 is 5.91 Å². The number of para-hydroxylation sites is 1. The van der Waals surface area contributed by atoms with Crippen LogP contribution in [0.3, 0.4) is 0 Å². The smallest absolute Gasteiger partial charge is 0.272 e. The minimum Gasteiger partial charge on any atom is -0.497 e. The molecule has 0 saturated carbocycles. The van der Waals surface area contributed by atoms with Crippen molar-refractivity contribution in [1.82, 2.24) is 0 Å². The van der Waals surface area contributed by atoms with Crippen molar-refractivity contribution in [2.45, 2.75) is 5.75 Å². The topological polar surface area (TPSA) is 69.0 Å². The average molecular weight is 421 g/mol. The van der Waals surface area contributed by atoms with Crippen molar-refractivity contribution >= 4 is 34.8 Å². The summed E-state index contributed by atoms with van der Waals surface area (Å²) in [7, 11) is 3.10. The van der Waals surface area contributed by atoms with E-state index in [9.17, 15) is 9.59 Å². The lowest BCUT2D eigenvalue weighted by molar-refractivity contribution is -0.119. The van der Waals surface area contributed by atoms with Crippen LogP contribution in [0.1, 0.15) is 11.3 Å². The predicted octanol–water partition coefficient (Wildman–Crippen LogP) is 4.51. The Labute approximate surface area is 178 Å². The number of anilines is 1. The first-order chi connectivity index (χ1) is 14.6. The van der Waals surface area contributed by atoms with Crippen LogP contribution in [0.5, 0.6) is 11.5 Å². The van der Waals surface area contributed by atoms with Gasteiger partial charge in [-0.3, -0.25) is 9.59 Å². The third kappa shape index (κ3) is 3.59. The summed E-state index contributed by atoms with van der Waals surface area (Å²) in [4.78, 5) is 28.3. The van der Waals surface area contributed by atoms with Crippen molar-refractivity contribution in [3.63, 3.8) is 0 Å². The number of hydrogen-bond donors (Lipinski definition) is 0. The molecule has 3 aromatic rings. The number of imide groups is 1. The van der Waals surface area contributed by atoms with Gasteiger partial charge in [0.1, 0.15) is 17.3 Å². The molecule has 2 heterocycles. The van der Waals surface area contributed by atoms with E-state index in [-0.39, 0.29) is 5.91 Å². The molecule has 4 rings (SSSR count). The molecule has 0 bridgehead atoms. The molecule has 0 N–H and O–H groups in total. The highest BCUT2D eigenvalue weighted by atomic mass is 32.2. The van der Waals surface area contributed by atoms with Gasteiger partial charge in [0, 0.05) is 5.56 Å². The lowest BCUT2D eigenvalue weighted by atomic mass is 10.0. The number of furan rings is 1. The maximum Gasteiger partial charge on any atom is 0.272 e. The number of amides is 2. The Morgan fingerprint density at radius 3 is 2.33 bits per heavy atom. The zero-order valence-corrected chi connectivity index (χ0v) is 17.3. The SMILES string of the molecule is COc1ccc(N2C(=O)C(SCc3ccco3)=C(c3ccccc3OC)C2=O)cc1. The van der Waals surface area contributed by atoms with Crippen LogP contribution < -0.4 is 14.4 Å². The number of nitrogens with zero attached hydrogens (tertiary/aromatic N) is 1. The summed E-state index contributed by atoms with van der Waals surface area (Å²) in [6.07, 6.45) is 1.58. The molecule has 1 aliphatic heterocycles. The number of carbonyl (C=O) groups is 2. The van der Waals surface area contributed by atoms with Gasteiger partial charge < -0.3 is 13.9 Å². The summed E-state index contributed by atoms with van der Waals surface area (Å²) in [6.45, 7) is 0. The highest BCUT2D eigenvalue weighted by molar-refractivity contribution is 8.03. The maximum atomic E-state index is 13.4. The lowest BCUT2D eigenvalue weighted by Gasteiger charge is -2.16. The molecule has 0 aliphatic carbocycles. The molecule has 0 spiro atoms. The van der Waals surface area contributed by atoms with E-state index in [2.05, 4.69) is 0 Å². The number of thioether (sulfide) groups is 1. The molecule has 2 amide bonds. The normalized spacial score (nSPS) is 13.9. The summed E-state index contributed by atoms with van der Waals surface area (Å²) in [5.74, 6) is 1.55. The van der Waals surface area contributed by atoms with E-state index in [0.29, 0.717) is 39.0 Å². The summed E-state index contributed by atoms with van der Waals surface area (Å²) in [5, 5.41) is 0. The monoisotopic (exact) mass is 421 g/mol. The number of benzene rings is 2. The van der Waals surface area contributed by atoms with Gasteiger partial charge >= 0.3 is 0 Å². The van der Waals surface area contributed by atoms with E-state index in [4.69, 9.17) is 13.9 Å². The predicted molar refractivity (Wildman–Crippen MR) is 115 cm³/mol. The molecule has 0 radical (unpaired) electrons. The molecule has 0 fully saturated rings. The number of hydrogen-bond acceptors (Lipinski definition) is 6. The van der Waals surface area contributed by atoms with Crippen LogP contribution >= 0.6 is 11.8 Å². The largest absolute Gasteiger partial charge is 0.497 e. The Kier molecular flexibility index (Phi) is 5.63. The molecule has 0 atom stereocenters. The summed E-state index contributed by atoms with van der Waals surface area (Å²) < 4.78 is 16.0. The first-order valence-corrected chi connectivity index (χ1v) is 10.2. The highest BCUT2D eigenvalue weighted by Crippen LogP contribution is 2.42. The fourth-order valence-electron chi connectivity index (χ4n) is 3.24. The molecule has 7 heteroatoms. The maximum absolute atomic E-state index is 13.4. The minimum atomic E-state index is -0.392. The Balaban J connectivity index is 1.77. The zero-order valence-electron chi connectivity index (χ0n) is 16.5. The van der Waals surface area contributed by atoms with Gasteiger partial charge in [0.2, 0.25) is 0 Å². The molecule has 1 aliphatic rings. The van der Waals surface area contributed by atoms with Gasteiger partial charge in [0.15, 0.2) is 0 Å². The Morgan fingerprint density at radius 1 is 0.900 bits per heavy atom. The second-order valence-corrected chi connectivity index (χ2v) is 7.40. The van der Waals surface area contributed by atoms with Crippen LogP contribution in [-0.2, 0) is 15.3 Å². The van der Waals surface area contributed by atoms with Crippen molar-refractivity contribution in [2.24, 2.45) is 0 Å². The summed E-state index contributed by atoms with van der Waals surface area (Å²) in [5.41, 5.74) is 1.38. The van der Waals surface area contributed by atoms with E-state index in [1.807, 2.05) is 18.2 Å². The highest BCUT2D eigenvalue weighted by Gasteiger charge is 2.41. The molecule has 0 saturated heterocycles. The Bertz CT molecular complexity index is 1100. The molecular weight excluding hydrogens is 402 g/mol. The Morgan fingerprint density at radius 2 is 1.67 bits per heavy atom. The Hall–Kier alpha value is -3.45. The van der Waals surface area contributed by atoms with Crippen LogP contribution in [0.15, 0.2) is 76.2 Å². The van der Waals surface area contributed by atoms with Gasteiger partial charge in [-0.2, -0.15) is 0 Å². The standard InChI is InChI=1S/C23H19NO5S/c1-27-16-11-9-15(10-12-16)24-22(25)20(18-7-3-4-8-19(18)28-2)21(23(24)26)30-14-17-6-5-13-29-17/h3-13H,14H2,1-2H3. The molecule has 152 valence electrons. The first kappa shape index (κ1) is 19.8. The lowest BCUT2D eigenvalue weighted by Crippen LogP contribution is -2.31. The van der Waals surface area contributed by atoms with Gasteiger partial charge in [-0.1, -0.05) is 18.2 Å². The third-order valence-electron chi connectivity index (χ3n) is 4.69. The van der Waals surface area contributed by atoms with Gasteiger partial charge in [0.25, 0.3) is 11.8 Å². The van der Waals surface area contributed by atoms with E-state index in [1.54, 1.807) is 55.8 Å². The zero-order chi connectivity index (χ0) is 21.1. The van der Waals surface area contributed by atoms with Crippen molar-refractivity contribution in [3.8, 4) is 11.5 Å². The van der Waals surface area contributed by atoms with Crippen LogP contribution in [-0.4, -0.2) is 26.0 Å². The molecular formula is C23H19NO5S. The number of carbonyl (C=O) groups excluding carboxylic acids is 2. The number of methoxy groups -OCH3 is 2. The fourth-order valence-corrected chi connectivity index (χ4v) is 4.24. The second-order valence-electron chi connectivity index (χ2n) is 6.42. The van der Waals surface area contributed by atoms with Crippen LogP contribution in [0.4, 0.5) is 5.69 Å². The van der Waals surface area contributed by atoms with E-state index >= 15 is 0 Å².